The number of hydrogen-bond donors (Lipinski definition) is 2. The van der Waals surface area contributed by atoms with E-state index in [1.807, 2.05) is 0 Å². The van der Waals surface area contributed by atoms with Gasteiger partial charge in [0.05, 0.1) is 5.41 Å². The lowest BCUT2D eigenvalue weighted by Gasteiger charge is -2.24. The number of likely N-dealkylation sites (tertiary alicyclic amines) is 1. The van der Waals surface area contributed by atoms with E-state index >= 15 is 0 Å². The van der Waals surface area contributed by atoms with Crippen molar-refractivity contribution < 1.29 is 19.5 Å². The summed E-state index contributed by atoms with van der Waals surface area (Å²) < 4.78 is 0. The molecule has 0 aromatic carbocycles. The van der Waals surface area contributed by atoms with Gasteiger partial charge in [0.2, 0.25) is 11.8 Å². The van der Waals surface area contributed by atoms with Gasteiger partial charge in [-0.25, -0.2) is 0 Å². The van der Waals surface area contributed by atoms with Crippen molar-refractivity contribution in [3.05, 3.63) is 0 Å². The molecule has 0 bridgehead atoms. The molecule has 2 saturated carbocycles. The summed E-state index contributed by atoms with van der Waals surface area (Å²) in [6.07, 6.45) is 4.65. The number of carboxylic acid groups (broad SMARTS) is 1. The largest absolute Gasteiger partial charge is 0.481 e. The van der Waals surface area contributed by atoms with Gasteiger partial charge in [-0.1, -0.05) is 0 Å². The Balaban J connectivity index is 1.56. The molecule has 110 valence electrons. The van der Waals surface area contributed by atoms with Crippen molar-refractivity contribution in [2.75, 3.05) is 13.1 Å². The van der Waals surface area contributed by atoms with Crippen molar-refractivity contribution in [1.82, 2.24) is 10.2 Å². The van der Waals surface area contributed by atoms with Crippen LogP contribution in [0.4, 0.5) is 0 Å². The number of carboxylic acids is 1. The van der Waals surface area contributed by atoms with Crippen molar-refractivity contribution in [3.8, 4) is 0 Å². The van der Waals surface area contributed by atoms with E-state index < -0.39 is 17.4 Å². The Morgan fingerprint density at radius 2 is 1.90 bits per heavy atom. The van der Waals surface area contributed by atoms with Crippen molar-refractivity contribution in [1.29, 1.82) is 0 Å². The highest BCUT2D eigenvalue weighted by Crippen LogP contribution is 2.45. The van der Waals surface area contributed by atoms with Crippen LogP contribution in [-0.2, 0) is 14.4 Å². The van der Waals surface area contributed by atoms with E-state index in [0.29, 0.717) is 25.8 Å². The molecule has 1 unspecified atom stereocenters. The molecule has 0 aromatic heterocycles. The molecule has 0 radical (unpaired) electrons. The molecular weight excluding hydrogens is 260 g/mol. The Kier molecular flexibility index (Phi) is 3.18. The summed E-state index contributed by atoms with van der Waals surface area (Å²) in [6.45, 7) is 0.834. The summed E-state index contributed by atoms with van der Waals surface area (Å²) >= 11 is 0. The van der Waals surface area contributed by atoms with Gasteiger partial charge in [-0.15, -0.1) is 0 Å². The second-order valence-corrected chi connectivity index (χ2v) is 6.27. The summed E-state index contributed by atoms with van der Waals surface area (Å²) in [6, 6.07) is -0.396. The highest BCUT2D eigenvalue weighted by Gasteiger charge is 2.51. The van der Waals surface area contributed by atoms with E-state index in [1.165, 1.54) is 0 Å². The zero-order chi connectivity index (χ0) is 14.3. The normalized spacial score (nSPS) is 27.2. The number of nitrogens with zero attached hydrogens (tertiary/aromatic N) is 1. The van der Waals surface area contributed by atoms with Crippen molar-refractivity contribution in [3.63, 3.8) is 0 Å². The van der Waals surface area contributed by atoms with Crippen LogP contribution in [0.5, 0.6) is 0 Å². The Labute approximate surface area is 117 Å². The third-order valence-corrected chi connectivity index (χ3v) is 4.67. The van der Waals surface area contributed by atoms with Gasteiger partial charge in [0, 0.05) is 19.0 Å². The van der Waals surface area contributed by atoms with Crippen LogP contribution in [-0.4, -0.2) is 46.9 Å². The molecule has 2 amide bonds. The molecule has 1 saturated heterocycles. The van der Waals surface area contributed by atoms with Gasteiger partial charge in [-0.3, -0.25) is 14.4 Å². The topological polar surface area (TPSA) is 86.7 Å². The Morgan fingerprint density at radius 3 is 2.45 bits per heavy atom. The van der Waals surface area contributed by atoms with E-state index in [2.05, 4.69) is 5.32 Å². The number of carbonyl (C=O) groups excluding carboxylic acids is 2. The lowest BCUT2D eigenvalue weighted by atomic mass is 10.1. The molecule has 3 aliphatic rings. The Bertz CT molecular complexity index is 454. The van der Waals surface area contributed by atoms with Crippen LogP contribution in [0.15, 0.2) is 0 Å². The maximum atomic E-state index is 12.2. The number of amides is 2. The molecular formula is C14H20N2O4. The first-order valence-electron chi connectivity index (χ1n) is 7.35. The third-order valence-electron chi connectivity index (χ3n) is 4.67. The average molecular weight is 280 g/mol. The lowest BCUT2D eigenvalue weighted by molar-refractivity contribution is -0.144. The number of hydrogen-bond acceptors (Lipinski definition) is 3. The fourth-order valence-corrected chi connectivity index (χ4v) is 2.86. The van der Waals surface area contributed by atoms with Gasteiger partial charge in [0.25, 0.3) is 0 Å². The monoisotopic (exact) mass is 280 g/mol. The second-order valence-electron chi connectivity index (χ2n) is 6.27. The standard InChI is InChI=1S/C14H20N2O4/c17-11(15-8-14(5-6-14)13(19)20)10-2-1-7-16(10)12(18)9-3-4-9/h9-10H,1-8H2,(H,15,17)(H,19,20). The molecule has 2 N–H and O–H groups in total. The molecule has 3 fully saturated rings. The Hall–Kier alpha value is -1.59. The zero-order valence-electron chi connectivity index (χ0n) is 11.4. The number of aliphatic carboxylic acids is 1. The second kappa shape index (κ2) is 4.75. The summed E-state index contributed by atoms with van der Waals surface area (Å²) in [5.41, 5.74) is -0.750. The van der Waals surface area contributed by atoms with Crippen LogP contribution in [0.1, 0.15) is 38.5 Å². The molecule has 1 heterocycles. The minimum absolute atomic E-state index is 0.0991. The third kappa shape index (κ3) is 2.39. The maximum absolute atomic E-state index is 12.2. The smallest absolute Gasteiger partial charge is 0.311 e. The molecule has 0 spiro atoms. The van der Waals surface area contributed by atoms with E-state index in [9.17, 15) is 14.4 Å². The molecule has 3 rings (SSSR count). The van der Waals surface area contributed by atoms with Crippen LogP contribution < -0.4 is 5.32 Å². The molecule has 0 aromatic rings. The Morgan fingerprint density at radius 1 is 1.20 bits per heavy atom. The zero-order valence-corrected chi connectivity index (χ0v) is 11.4. The van der Waals surface area contributed by atoms with Crippen LogP contribution in [0.25, 0.3) is 0 Å². The predicted molar refractivity (Wildman–Crippen MR) is 69.8 cm³/mol. The van der Waals surface area contributed by atoms with Crippen LogP contribution in [0, 0.1) is 11.3 Å². The molecule has 6 heteroatoms. The van der Waals surface area contributed by atoms with E-state index in [0.717, 1.165) is 19.3 Å². The molecule has 20 heavy (non-hydrogen) atoms. The first-order chi connectivity index (χ1) is 9.53. The quantitative estimate of drug-likeness (QED) is 0.761. The lowest BCUT2D eigenvalue weighted by Crippen LogP contribution is -2.48. The van der Waals surface area contributed by atoms with Gasteiger partial charge in [-0.2, -0.15) is 0 Å². The van der Waals surface area contributed by atoms with E-state index in [4.69, 9.17) is 5.11 Å². The summed E-state index contributed by atoms with van der Waals surface area (Å²) in [7, 11) is 0. The van der Waals surface area contributed by atoms with Gasteiger partial charge in [0.1, 0.15) is 6.04 Å². The van der Waals surface area contributed by atoms with Gasteiger partial charge in [-0.05, 0) is 38.5 Å². The molecule has 1 aliphatic heterocycles. The molecule has 2 aliphatic carbocycles. The number of carbonyl (C=O) groups is 3. The minimum Gasteiger partial charge on any atom is -0.481 e. The predicted octanol–water partition coefficient (Wildman–Crippen LogP) is 0.368. The average Bonchev–Trinajstić information content (AvgIpc) is 3.32. The van der Waals surface area contributed by atoms with Gasteiger partial charge >= 0.3 is 5.97 Å². The highest BCUT2D eigenvalue weighted by molar-refractivity contribution is 5.90. The summed E-state index contributed by atoms with van der Waals surface area (Å²) in [4.78, 5) is 37.1. The molecule has 6 nitrogen and oxygen atoms in total. The van der Waals surface area contributed by atoms with Gasteiger partial charge in [0.15, 0.2) is 0 Å². The fourth-order valence-electron chi connectivity index (χ4n) is 2.86. The van der Waals surface area contributed by atoms with E-state index in [-0.39, 0.29) is 24.3 Å². The molecule has 1 atom stereocenters. The van der Waals surface area contributed by atoms with Crippen molar-refractivity contribution >= 4 is 17.8 Å². The van der Waals surface area contributed by atoms with Gasteiger partial charge < -0.3 is 15.3 Å². The van der Waals surface area contributed by atoms with Crippen LogP contribution >= 0.6 is 0 Å². The number of rotatable bonds is 5. The first kappa shape index (κ1) is 13.4. The number of nitrogens with one attached hydrogen (secondary N) is 1. The fraction of sp³-hybridized carbons (Fsp3) is 0.786. The summed E-state index contributed by atoms with van der Waals surface area (Å²) in [5, 5.41) is 11.8. The van der Waals surface area contributed by atoms with Crippen molar-refractivity contribution in [2.24, 2.45) is 11.3 Å². The van der Waals surface area contributed by atoms with Crippen molar-refractivity contribution in [2.45, 2.75) is 44.6 Å². The van der Waals surface area contributed by atoms with E-state index in [1.54, 1.807) is 4.90 Å². The SMILES string of the molecule is O=C(NCC1(C(=O)O)CC1)C1CCCN1C(=O)C1CC1. The highest BCUT2D eigenvalue weighted by atomic mass is 16.4. The summed E-state index contributed by atoms with van der Waals surface area (Å²) in [5.74, 6) is -0.807. The maximum Gasteiger partial charge on any atom is 0.311 e. The minimum atomic E-state index is -0.838. The first-order valence-corrected chi connectivity index (χ1v) is 7.35. The van der Waals surface area contributed by atoms with Crippen LogP contribution in [0.2, 0.25) is 0 Å². The van der Waals surface area contributed by atoms with Crippen LogP contribution in [0.3, 0.4) is 0 Å².